The minimum atomic E-state index is -0.606. The van der Waals surface area contributed by atoms with Crippen LogP contribution in [0.25, 0.3) is 5.69 Å². The largest absolute Gasteiger partial charge is 0.493 e. The number of aromatic nitrogens is 2. The molecular weight excluding hydrogens is 388 g/mol. The molecule has 0 saturated heterocycles. The van der Waals surface area contributed by atoms with E-state index in [9.17, 15) is 14.9 Å². The van der Waals surface area contributed by atoms with Gasteiger partial charge in [-0.25, -0.2) is 4.68 Å². The molecule has 0 aliphatic carbocycles. The Morgan fingerprint density at radius 2 is 2.00 bits per heavy atom. The summed E-state index contributed by atoms with van der Waals surface area (Å²) in [6.07, 6.45) is 4.14. The van der Waals surface area contributed by atoms with E-state index in [0.717, 1.165) is 11.3 Å². The number of nitrogens with zero attached hydrogens (tertiary/aromatic N) is 3. The van der Waals surface area contributed by atoms with Crippen molar-refractivity contribution in [2.45, 2.75) is 13.3 Å². The molecule has 9 heteroatoms. The molecule has 3 rings (SSSR count). The van der Waals surface area contributed by atoms with Crippen LogP contribution in [0.4, 0.5) is 5.69 Å². The molecule has 2 aromatic carbocycles. The van der Waals surface area contributed by atoms with E-state index in [2.05, 4.69) is 10.4 Å². The second-order valence-corrected chi connectivity index (χ2v) is 6.33. The second kappa shape index (κ2) is 9.55. The Kier molecular flexibility index (Phi) is 6.63. The Labute approximate surface area is 173 Å². The smallest absolute Gasteiger partial charge is 0.286 e. The van der Waals surface area contributed by atoms with Crippen LogP contribution in [0.15, 0.2) is 54.9 Å². The van der Waals surface area contributed by atoms with Gasteiger partial charge in [-0.15, -0.1) is 0 Å². The van der Waals surface area contributed by atoms with Crippen molar-refractivity contribution >= 4 is 11.6 Å². The predicted octanol–water partition coefficient (Wildman–Crippen LogP) is 3.16. The Bertz CT molecular complexity index is 1020. The second-order valence-electron chi connectivity index (χ2n) is 6.33. The molecule has 30 heavy (non-hydrogen) atoms. The van der Waals surface area contributed by atoms with Crippen LogP contribution in [0.3, 0.4) is 0 Å². The monoisotopic (exact) mass is 410 g/mol. The van der Waals surface area contributed by atoms with Gasteiger partial charge in [0.1, 0.15) is 5.56 Å². The number of benzene rings is 2. The molecule has 1 aromatic heterocycles. The maximum Gasteiger partial charge on any atom is 0.286 e. The molecule has 0 radical (unpaired) electrons. The third kappa shape index (κ3) is 4.75. The molecular formula is C21H22N4O5. The molecule has 1 heterocycles. The fourth-order valence-corrected chi connectivity index (χ4v) is 2.96. The quantitative estimate of drug-likeness (QED) is 0.429. The van der Waals surface area contributed by atoms with Gasteiger partial charge in [-0.1, -0.05) is 12.1 Å². The molecule has 9 nitrogen and oxygen atoms in total. The van der Waals surface area contributed by atoms with Crippen molar-refractivity contribution < 1.29 is 19.2 Å². The van der Waals surface area contributed by atoms with Crippen LogP contribution >= 0.6 is 0 Å². The normalized spacial score (nSPS) is 10.5. The number of carbonyl (C=O) groups is 1. The van der Waals surface area contributed by atoms with Gasteiger partial charge in [-0.05, 0) is 37.1 Å². The molecule has 0 fully saturated rings. The number of nitro benzene ring substituents is 1. The fourth-order valence-electron chi connectivity index (χ4n) is 2.96. The van der Waals surface area contributed by atoms with Gasteiger partial charge in [0.05, 0.1) is 30.4 Å². The minimum Gasteiger partial charge on any atom is -0.493 e. The summed E-state index contributed by atoms with van der Waals surface area (Å²) in [5.74, 6) is -0.0569. The number of amides is 1. The number of nitro groups is 1. The van der Waals surface area contributed by atoms with E-state index in [0.29, 0.717) is 19.6 Å². The predicted molar refractivity (Wildman–Crippen MR) is 110 cm³/mol. The first-order chi connectivity index (χ1) is 14.5. The third-order valence-electron chi connectivity index (χ3n) is 4.43. The number of hydrogen-bond donors (Lipinski definition) is 1. The summed E-state index contributed by atoms with van der Waals surface area (Å²) in [5, 5.41) is 18.3. The van der Waals surface area contributed by atoms with E-state index in [1.165, 1.54) is 19.2 Å². The summed E-state index contributed by atoms with van der Waals surface area (Å²) in [5.41, 5.74) is 1.55. The van der Waals surface area contributed by atoms with Crippen molar-refractivity contribution in [3.63, 3.8) is 0 Å². The molecule has 0 aliphatic heterocycles. The molecule has 0 saturated carbocycles. The average molecular weight is 410 g/mol. The van der Waals surface area contributed by atoms with Crippen LogP contribution in [-0.2, 0) is 6.42 Å². The van der Waals surface area contributed by atoms with E-state index < -0.39 is 10.8 Å². The van der Waals surface area contributed by atoms with Gasteiger partial charge in [-0.2, -0.15) is 5.10 Å². The molecule has 0 atom stereocenters. The summed E-state index contributed by atoms with van der Waals surface area (Å²) in [6.45, 7) is 2.40. The molecule has 1 N–H and O–H groups in total. The lowest BCUT2D eigenvalue weighted by molar-refractivity contribution is -0.385. The first-order valence-electron chi connectivity index (χ1n) is 9.40. The molecule has 0 bridgehead atoms. The van der Waals surface area contributed by atoms with Crippen LogP contribution in [0, 0.1) is 10.1 Å². The first-order valence-corrected chi connectivity index (χ1v) is 9.40. The standard InChI is InChI=1S/C21H22N4O5/c1-3-30-20-14-18(25(27)28)17(13-19(20)29-2)21(26)22-11-9-15-5-7-16(8-6-15)24-12-4-10-23-24/h4-8,10,12-14H,3,9,11H2,1-2H3,(H,22,26). The maximum atomic E-state index is 12.6. The van der Waals surface area contributed by atoms with Crippen LogP contribution in [0.1, 0.15) is 22.8 Å². The first kappa shape index (κ1) is 20.8. The number of rotatable bonds is 9. The van der Waals surface area contributed by atoms with Crippen LogP contribution in [-0.4, -0.2) is 40.9 Å². The van der Waals surface area contributed by atoms with Crippen molar-refractivity contribution in [1.82, 2.24) is 15.1 Å². The van der Waals surface area contributed by atoms with E-state index in [-0.39, 0.29) is 22.7 Å². The highest BCUT2D eigenvalue weighted by Gasteiger charge is 2.24. The fraction of sp³-hybridized carbons (Fsp3) is 0.238. The minimum absolute atomic E-state index is 0.0747. The van der Waals surface area contributed by atoms with Crippen LogP contribution in [0.2, 0.25) is 0 Å². The number of ether oxygens (including phenoxy) is 2. The van der Waals surface area contributed by atoms with Gasteiger partial charge in [0.25, 0.3) is 11.6 Å². The van der Waals surface area contributed by atoms with Crippen molar-refractivity contribution in [2.75, 3.05) is 20.3 Å². The zero-order valence-electron chi connectivity index (χ0n) is 16.7. The van der Waals surface area contributed by atoms with Gasteiger partial charge in [0, 0.05) is 25.0 Å². The number of methoxy groups -OCH3 is 1. The van der Waals surface area contributed by atoms with E-state index in [4.69, 9.17) is 9.47 Å². The summed E-state index contributed by atoms with van der Waals surface area (Å²) >= 11 is 0. The van der Waals surface area contributed by atoms with Crippen LogP contribution < -0.4 is 14.8 Å². The lowest BCUT2D eigenvalue weighted by Gasteiger charge is -2.12. The molecule has 156 valence electrons. The van der Waals surface area contributed by atoms with E-state index in [1.807, 2.05) is 36.5 Å². The van der Waals surface area contributed by atoms with Crippen LogP contribution in [0.5, 0.6) is 11.5 Å². The highest BCUT2D eigenvalue weighted by Crippen LogP contribution is 2.34. The Morgan fingerprint density at radius 1 is 1.23 bits per heavy atom. The highest BCUT2D eigenvalue weighted by atomic mass is 16.6. The summed E-state index contributed by atoms with van der Waals surface area (Å²) in [6, 6.07) is 12.2. The number of hydrogen-bond acceptors (Lipinski definition) is 6. The summed E-state index contributed by atoms with van der Waals surface area (Å²) in [4.78, 5) is 23.4. The third-order valence-corrected chi connectivity index (χ3v) is 4.43. The number of carbonyl (C=O) groups excluding carboxylic acids is 1. The summed E-state index contributed by atoms with van der Waals surface area (Å²) < 4.78 is 12.3. The van der Waals surface area contributed by atoms with Crippen molar-refractivity contribution in [3.05, 3.63) is 76.1 Å². The van der Waals surface area contributed by atoms with E-state index >= 15 is 0 Å². The van der Waals surface area contributed by atoms with Crippen molar-refractivity contribution in [2.24, 2.45) is 0 Å². The van der Waals surface area contributed by atoms with Gasteiger partial charge in [0.2, 0.25) is 0 Å². The lowest BCUT2D eigenvalue weighted by atomic mass is 10.1. The Morgan fingerprint density at radius 3 is 2.60 bits per heavy atom. The summed E-state index contributed by atoms with van der Waals surface area (Å²) in [7, 11) is 1.41. The lowest BCUT2D eigenvalue weighted by Crippen LogP contribution is -2.26. The average Bonchev–Trinajstić information content (AvgIpc) is 3.29. The van der Waals surface area contributed by atoms with Gasteiger partial charge in [-0.3, -0.25) is 14.9 Å². The van der Waals surface area contributed by atoms with Gasteiger partial charge < -0.3 is 14.8 Å². The SMILES string of the molecule is CCOc1cc([N+](=O)[O-])c(C(=O)NCCc2ccc(-n3cccn3)cc2)cc1OC. The van der Waals surface area contributed by atoms with Crippen molar-refractivity contribution in [3.8, 4) is 17.2 Å². The zero-order valence-corrected chi connectivity index (χ0v) is 16.7. The van der Waals surface area contributed by atoms with Crippen molar-refractivity contribution in [1.29, 1.82) is 0 Å². The molecule has 1 amide bonds. The highest BCUT2D eigenvalue weighted by molar-refractivity contribution is 5.99. The molecule has 0 unspecified atom stereocenters. The maximum absolute atomic E-state index is 12.6. The van der Waals surface area contributed by atoms with Gasteiger partial charge >= 0.3 is 0 Å². The Hall–Kier alpha value is -3.88. The topological polar surface area (TPSA) is 109 Å². The Balaban J connectivity index is 1.67. The molecule has 3 aromatic rings. The zero-order chi connectivity index (χ0) is 21.5. The van der Waals surface area contributed by atoms with E-state index in [1.54, 1.807) is 17.8 Å². The molecule has 0 spiro atoms. The number of nitrogens with one attached hydrogen (secondary N) is 1. The molecule has 0 aliphatic rings. The van der Waals surface area contributed by atoms with Gasteiger partial charge in [0.15, 0.2) is 11.5 Å².